The molecule has 4 saturated carbocycles. The molecule has 48 heavy (non-hydrogen) atoms. The summed E-state index contributed by atoms with van der Waals surface area (Å²) >= 11 is 0. The van der Waals surface area contributed by atoms with E-state index in [0.29, 0.717) is 43.9 Å². The number of alkyl halides is 3. The number of para-hydroxylation sites is 1. The van der Waals surface area contributed by atoms with Crippen LogP contribution in [0.15, 0.2) is 35.9 Å². The number of hydrogen-bond acceptors (Lipinski definition) is 3. The Morgan fingerprint density at radius 3 is 2.19 bits per heavy atom. The number of aliphatic hydroxyl groups is 1. The quantitative estimate of drug-likeness (QED) is 0.320. The second-order valence-electron chi connectivity index (χ2n) is 18.9. The van der Waals surface area contributed by atoms with Gasteiger partial charge in [0.05, 0.1) is 11.7 Å². The van der Waals surface area contributed by atoms with E-state index >= 15 is 0 Å². The van der Waals surface area contributed by atoms with E-state index in [0.717, 1.165) is 44.6 Å². The molecule has 266 valence electrons. The Morgan fingerprint density at radius 1 is 0.833 bits per heavy atom. The molecule has 1 heterocycles. The van der Waals surface area contributed by atoms with E-state index in [2.05, 4.69) is 54.5 Å². The van der Waals surface area contributed by atoms with E-state index in [9.17, 15) is 23.1 Å². The number of carbonyl (C=O) groups excluding carboxylic acids is 1. The zero-order valence-electron chi connectivity index (χ0n) is 30.5. The van der Waals surface area contributed by atoms with E-state index < -0.39 is 17.2 Å². The molecule has 5 aliphatic carbocycles. The van der Waals surface area contributed by atoms with Gasteiger partial charge in [-0.1, -0.05) is 72.2 Å². The van der Waals surface area contributed by atoms with E-state index in [1.807, 2.05) is 4.90 Å². The number of anilines is 1. The molecule has 0 aromatic heterocycles. The van der Waals surface area contributed by atoms with E-state index in [4.69, 9.17) is 0 Å². The molecule has 0 spiro atoms. The standard InChI is InChI=1S/C41H59F3N2O2/c1-35(2)31-14-17-40(7)32(38(31,5)16-15-33(35)47)13-12-27-29-26-37(4,19-18-36(29,3)20-21-39(27,40)6)34(48)46-24-22-45(23-25-46)30-11-9-8-10-28(30)41(42,43)44/h8-12,29,31-33,47H,13-26H2,1-7H3/t29-,31-,32+,33-,36+,37-,38-,39+,40+/m0/s1. The van der Waals surface area contributed by atoms with Crippen LogP contribution in [0.3, 0.4) is 0 Å². The molecule has 0 bridgehead atoms. The molecule has 1 aromatic rings. The Morgan fingerprint density at radius 2 is 1.50 bits per heavy atom. The van der Waals surface area contributed by atoms with Crippen LogP contribution >= 0.6 is 0 Å². The molecular weight excluding hydrogens is 609 g/mol. The van der Waals surface area contributed by atoms with Crippen molar-refractivity contribution < 1.29 is 23.1 Å². The lowest BCUT2D eigenvalue weighted by atomic mass is 9.33. The Labute approximate surface area is 286 Å². The van der Waals surface area contributed by atoms with Gasteiger partial charge < -0.3 is 14.9 Å². The molecule has 0 unspecified atom stereocenters. The number of nitrogens with zero attached hydrogens (tertiary/aromatic N) is 2. The summed E-state index contributed by atoms with van der Waals surface area (Å²) in [7, 11) is 0. The molecular formula is C41H59F3N2O2. The number of aliphatic hydroxyl groups excluding tert-OH is 1. The molecule has 1 aliphatic heterocycles. The van der Waals surface area contributed by atoms with Gasteiger partial charge >= 0.3 is 6.18 Å². The van der Waals surface area contributed by atoms with Crippen LogP contribution in [0.2, 0.25) is 0 Å². The van der Waals surface area contributed by atoms with Crippen LogP contribution in [0.4, 0.5) is 18.9 Å². The Balaban J connectivity index is 1.12. The highest BCUT2D eigenvalue weighted by atomic mass is 19.4. The third-order valence-electron chi connectivity index (χ3n) is 16.4. The fourth-order valence-corrected chi connectivity index (χ4v) is 13.1. The lowest BCUT2D eigenvalue weighted by molar-refractivity contribution is -0.203. The van der Waals surface area contributed by atoms with Crippen LogP contribution in [0, 0.1) is 50.2 Å². The van der Waals surface area contributed by atoms with Gasteiger partial charge in [-0.25, -0.2) is 0 Å². The Hall–Kier alpha value is -2.02. The van der Waals surface area contributed by atoms with Crippen LogP contribution in [0.25, 0.3) is 0 Å². The second-order valence-corrected chi connectivity index (χ2v) is 18.9. The van der Waals surface area contributed by atoms with Crippen molar-refractivity contribution in [3.63, 3.8) is 0 Å². The SMILES string of the molecule is CC1(C)[C@@H](O)CC[C@]2(C)[C@H]3CC=C4[C@@H]5C[C@@](C)(C(=O)N6CCN(c7ccccc7C(F)(F)F)CC6)CC[C@]5(C)CC[C@@]4(C)[C@]3(C)CC[C@@H]12. The van der Waals surface area contributed by atoms with Gasteiger partial charge in [-0.05, 0) is 121 Å². The van der Waals surface area contributed by atoms with Crippen molar-refractivity contribution >= 4 is 11.6 Å². The van der Waals surface area contributed by atoms with Crippen molar-refractivity contribution in [2.24, 2.45) is 50.2 Å². The smallest absolute Gasteiger partial charge is 0.393 e. The summed E-state index contributed by atoms with van der Waals surface area (Å²) in [5.41, 5.74) is 1.37. The molecule has 9 atom stereocenters. The highest BCUT2D eigenvalue weighted by Gasteiger charge is 2.68. The number of allylic oxidation sites excluding steroid dienone is 2. The molecule has 0 radical (unpaired) electrons. The average molecular weight is 669 g/mol. The number of fused-ring (bicyclic) bond motifs is 7. The topological polar surface area (TPSA) is 43.8 Å². The van der Waals surface area contributed by atoms with Crippen molar-refractivity contribution in [1.82, 2.24) is 4.90 Å². The van der Waals surface area contributed by atoms with Crippen molar-refractivity contribution in [2.75, 3.05) is 31.1 Å². The third-order valence-corrected chi connectivity index (χ3v) is 16.4. The van der Waals surface area contributed by atoms with Gasteiger partial charge in [0.1, 0.15) is 0 Å². The summed E-state index contributed by atoms with van der Waals surface area (Å²) in [6.45, 7) is 18.7. The number of piperazine rings is 1. The van der Waals surface area contributed by atoms with E-state index in [1.54, 1.807) is 22.6 Å². The number of hydrogen-bond donors (Lipinski definition) is 1. The molecule has 1 aromatic carbocycles. The second kappa shape index (κ2) is 11.0. The fourth-order valence-electron chi connectivity index (χ4n) is 13.1. The van der Waals surface area contributed by atoms with Crippen LogP contribution in [0.1, 0.15) is 118 Å². The minimum absolute atomic E-state index is 0.0664. The largest absolute Gasteiger partial charge is 0.418 e. The molecule has 4 nitrogen and oxygen atoms in total. The number of rotatable bonds is 2. The van der Waals surface area contributed by atoms with Crippen molar-refractivity contribution in [2.45, 2.75) is 125 Å². The van der Waals surface area contributed by atoms with Crippen LogP contribution in [-0.4, -0.2) is 48.2 Å². The number of halogens is 3. The van der Waals surface area contributed by atoms with Gasteiger partial charge in [0.15, 0.2) is 0 Å². The molecule has 7 rings (SSSR count). The summed E-state index contributed by atoms with van der Waals surface area (Å²) in [5.74, 6) is 1.67. The highest BCUT2D eigenvalue weighted by molar-refractivity contribution is 5.83. The highest BCUT2D eigenvalue weighted by Crippen LogP contribution is 2.75. The Bertz CT molecular complexity index is 1480. The van der Waals surface area contributed by atoms with Crippen molar-refractivity contribution in [1.29, 1.82) is 0 Å². The minimum atomic E-state index is -4.41. The van der Waals surface area contributed by atoms with Crippen molar-refractivity contribution in [3.05, 3.63) is 41.5 Å². The summed E-state index contributed by atoms with van der Waals surface area (Å²) in [5, 5.41) is 11.1. The first-order valence-electron chi connectivity index (χ1n) is 18.9. The lowest BCUT2D eigenvalue weighted by Gasteiger charge is -2.71. The molecule has 1 saturated heterocycles. The third kappa shape index (κ3) is 4.81. The van der Waals surface area contributed by atoms with Gasteiger partial charge in [-0.15, -0.1) is 0 Å². The first-order chi connectivity index (χ1) is 22.3. The van der Waals surface area contributed by atoms with Gasteiger partial charge in [-0.2, -0.15) is 13.2 Å². The summed E-state index contributed by atoms with van der Waals surface area (Å²) in [4.78, 5) is 18.2. The lowest BCUT2D eigenvalue weighted by Crippen LogP contribution is -2.64. The molecule has 7 heteroatoms. The summed E-state index contributed by atoms with van der Waals surface area (Å²) in [6.07, 6.45) is 8.65. The number of benzene rings is 1. The van der Waals surface area contributed by atoms with E-state index in [-0.39, 0.29) is 44.8 Å². The first-order valence-corrected chi connectivity index (χ1v) is 18.9. The Kier molecular flexibility index (Phi) is 7.88. The minimum Gasteiger partial charge on any atom is -0.393 e. The molecule has 1 amide bonds. The maximum absolute atomic E-state index is 14.4. The first kappa shape index (κ1) is 34.4. The summed E-state index contributed by atoms with van der Waals surface area (Å²) in [6, 6.07) is 5.81. The normalized spacial score (nSPS) is 44.1. The van der Waals surface area contributed by atoms with Crippen LogP contribution < -0.4 is 4.90 Å². The van der Waals surface area contributed by atoms with Crippen LogP contribution in [0.5, 0.6) is 0 Å². The monoisotopic (exact) mass is 668 g/mol. The van der Waals surface area contributed by atoms with Crippen LogP contribution in [-0.2, 0) is 11.0 Å². The zero-order valence-corrected chi connectivity index (χ0v) is 30.5. The fraction of sp³-hybridized carbons (Fsp3) is 0.780. The zero-order chi connectivity index (χ0) is 34.7. The maximum atomic E-state index is 14.4. The van der Waals surface area contributed by atoms with Gasteiger partial charge in [0.2, 0.25) is 5.91 Å². The van der Waals surface area contributed by atoms with Gasteiger partial charge in [0, 0.05) is 37.3 Å². The molecule has 1 N–H and O–H groups in total. The van der Waals surface area contributed by atoms with Crippen molar-refractivity contribution in [3.8, 4) is 0 Å². The predicted octanol–water partition coefficient (Wildman–Crippen LogP) is 9.52. The number of carbonyl (C=O) groups is 1. The predicted molar refractivity (Wildman–Crippen MR) is 185 cm³/mol. The summed E-state index contributed by atoms with van der Waals surface area (Å²) < 4.78 is 41.3. The van der Waals surface area contributed by atoms with Gasteiger partial charge in [0.25, 0.3) is 0 Å². The molecule has 5 fully saturated rings. The average Bonchev–Trinajstić information content (AvgIpc) is 3.03. The number of amides is 1. The van der Waals surface area contributed by atoms with E-state index in [1.165, 1.54) is 31.7 Å². The molecule has 6 aliphatic rings. The maximum Gasteiger partial charge on any atom is 0.418 e. The van der Waals surface area contributed by atoms with Gasteiger partial charge in [-0.3, -0.25) is 4.79 Å².